The molecule has 110 valence electrons. The van der Waals surface area contributed by atoms with Crippen LogP contribution in [-0.2, 0) is 12.8 Å². The Balaban J connectivity index is 1.62. The molecule has 2 heteroatoms. The van der Waals surface area contributed by atoms with Gasteiger partial charge in [0.15, 0.2) is 0 Å². The molecule has 1 atom stereocenters. The van der Waals surface area contributed by atoms with Gasteiger partial charge in [-0.25, -0.2) is 0 Å². The van der Waals surface area contributed by atoms with Gasteiger partial charge < -0.3 is 10.2 Å². The van der Waals surface area contributed by atoms with E-state index in [0.717, 1.165) is 12.0 Å². The molecule has 1 saturated heterocycles. The summed E-state index contributed by atoms with van der Waals surface area (Å²) in [5.74, 6) is 0.911. The summed E-state index contributed by atoms with van der Waals surface area (Å²) in [6, 6.07) is 9.80. The Morgan fingerprint density at radius 3 is 2.60 bits per heavy atom. The number of rotatable bonds is 4. The van der Waals surface area contributed by atoms with E-state index in [1.165, 1.54) is 58.3 Å². The number of likely N-dealkylation sites (N-methyl/N-ethyl adjacent to an activating group) is 1. The quantitative estimate of drug-likeness (QED) is 0.906. The van der Waals surface area contributed by atoms with E-state index in [1.807, 2.05) is 0 Å². The SMILES string of the molecule is CCN(CC1CCNCC1)C1CCc2ccccc2C1. The zero-order chi connectivity index (χ0) is 13.8. The molecule has 0 spiro atoms. The highest BCUT2D eigenvalue weighted by Crippen LogP contribution is 2.26. The average molecular weight is 272 g/mol. The van der Waals surface area contributed by atoms with Crippen LogP contribution < -0.4 is 5.32 Å². The predicted molar refractivity (Wildman–Crippen MR) is 85.1 cm³/mol. The molecule has 0 bridgehead atoms. The maximum absolute atomic E-state index is 3.48. The van der Waals surface area contributed by atoms with Crippen molar-refractivity contribution in [1.82, 2.24) is 10.2 Å². The molecular formula is C18H28N2. The largest absolute Gasteiger partial charge is 0.317 e. The molecule has 0 amide bonds. The minimum absolute atomic E-state index is 0.768. The lowest BCUT2D eigenvalue weighted by atomic mass is 9.86. The Morgan fingerprint density at radius 2 is 1.85 bits per heavy atom. The zero-order valence-corrected chi connectivity index (χ0v) is 12.8. The lowest BCUT2D eigenvalue weighted by molar-refractivity contribution is 0.147. The minimum Gasteiger partial charge on any atom is -0.317 e. The number of hydrogen-bond acceptors (Lipinski definition) is 2. The van der Waals surface area contributed by atoms with Crippen molar-refractivity contribution in [2.24, 2.45) is 5.92 Å². The van der Waals surface area contributed by atoms with Gasteiger partial charge in [0.25, 0.3) is 0 Å². The van der Waals surface area contributed by atoms with Gasteiger partial charge in [-0.2, -0.15) is 0 Å². The summed E-state index contributed by atoms with van der Waals surface area (Å²) in [7, 11) is 0. The van der Waals surface area contributed by atoms with Crippen LogP contribution in [0.3, 0.4) is 0 Å². The van der Waals surface area contributed by atoms with Crippen molar-refractivity contribution < 1.29 is 0 Å². The van der Waals surface area contributed by atoms with Gasteiger partial charge in [-0.1, -0.05) is 31.2 Å². The van der Waals surface area contributed by atoms with E-state index in [9.17, 15) is 0 Å². The highest BCUT2D eigenvalue weighted by molar-refractivity contribution is 5.30. The summed E-state index contributed by atoms with van der Waals surface area (Å²) in [6.45, 7) is 7.29. The van der Waals surface area contributed by atoms with Crippen LogP contribution in [0.2, 0.25) is 0 Å². The van der Waals surface area contributed by atoms with Crippen molar-refractivity contribution in [3.63, 3.8) is 0 Å². The first kappa shape index (κ1) is 14.1. The summed E-state index contributed by atoms with van der Waals surface area (Å²) < 4.78 is 0. The molecule has 1 unspecified atom stereocenters. The third-order valence-corrected chi connectivity index (χ3v) is 5.19. The summed E-state index contributed by atoms with van der Waals surface area (Å²) in [5.41, 5.74) is 3.18. The number of fused-ring (bicyclic) bond motifs is 1. The van der Waals surface area contributed by atoms with Gasteiger partial charge in [0.1, 0.15) is 0 Å². The van der Waals surface area contributed by atoms with E-state index < -0.39 is 0 Å². The fourth-order valence-electron chi connectivity index (χ4n) is 3.92. The van der Waals surface area contributed by atoms with Gasteiger partial charge >= 0.3 is 0 Å². The second kappa shape index (κ2) is 6.73. The van der Waals surface area contributed by atoms with Crippen molar-refractivity contribution >= 4 is 0 Å². The van der Waals surface area contributed by atoms with Gasteiger partial charge in [0.05, 0.1) is 0 Å². The molecule has 2 nitrogen and oxygen atoms in total. The standard InChI is InChI=1S/C18H28N2/c1-2-20(14-15-9-11-19-12-10-15)18-8-7-16-5-3-4-6-17(16)13-18/h3-6,15,18-19H,2,7-14H2,1H3. The van der Waals surface area contributed by atoms with E-state index in [2.05, 4.69) is 41.4 Å². The van der Waals surface area contributed by atoms with E-state index in [-0.39, 0.29) is 0 Å². The number of piperidine rings is 1. The van der Waals surface area contributed by atoms with E-state index in [1.54, 1.807) is 11.1 Å². The van der Waals surface area contributed by atoms with Crippen molar-refractivity contribution in [3.05, 3.63) is 35.4 Å². The number of nitrogens with one attached hydrogen (secondary N) is 1. The molecule has 1 fully saturated rings. The third kappa shape index (κ3) is 3.24. The molecule has 1 aliphatic heterocycles. The molecule has 0 radical (unpaired) electrons. The molecule has 1 aliphatic carbocycles. The molecular weight excluding hydrogens is 244 g/mol. The Labute approximate surface area is 123 Å². The first-order valence-electron chi connectivity index (χ1n) is 8.38. The van der Waals surface area contributed by atoms with Gasteiger partial charge in [0, 0.05) is 12.6 Å². The fraction of sp³-hybridized carbons (Fsp3) is 0.667. The lowest BCUT2D eigenvalue weighted by Gasteiger charge is -2.37. The van der Waals surface area contributed by atoms with Crippen molar-refractivity contribution in [3.8, 4) is 0 Å². The van der Waals surface area contributed by atoms with Crippen LogP contribution in [0.4, 0.5) is 0 Å². The second-order valence-corrected chi connectivity index (χ2v) is 6.45. The lowest BCUT2D eigenvalue weighted by Crippen LogP contribution is -2.43. The van der Waals surface area contributed by atoms with Gasteiger partial charge in [-0.3, -0.25) is 0 Å². The average Bonchev–Trinajstić information content (AvgIpc) is 2.53. The molecule has 1 aromatic carbocycles. The fourth-order valence-corrected chi connectivity index (χ4v) is 3.92. The summed E-state index contributed by atoms with van der Waals surface area (Å²) >= 11 is 0. The number of nitrogens with zero attached hydrogens (tertiary/aromatic N) is 1. The summed E-state index contributed by atoms with van der Waals surface area (Å²) in [4.78, 5) is 2.76. The first-order chi connectivity index (χ1) is 9.86. The molecule has 0 saturated carbocycles. The van der Waals surface area contributed by atoms with E-state index in [4.69, 9.17) is 0 Å². The predicted octanol–water partition coefficient (Wildman–Crippen LogP) is 2.87. The number of benzene rings is 1. The molecule has 3 rings (SSSR count). The van der Waals surface area contributed by atoms with Crippen LogP contribution in [0.5, 0.6) is 0 Å². The van der Waals surface area contributed by atoms with Crippen molar-refractivity contribution in [2.45, 2.75) is 45.1 Å². The van der Waals surface area contributed by atoms with Gasteiger partial charge in [0.2, 0.25) is 0 Å². The topological polar surface area (TPSA) is 15.3 Å². The van der Waals surface area contributed by atoms with E-state index in [0.29, 0.717) is 0 Å². The maximum Gasteiger partial charge on any atom is 0.0139 e. The maximum atomic E-state index is 3.48. The third-order valence-electron chi connectivity index (χ3n) is 5.19. The van der Waals surface area contributed by atoms with Crippen LogP contribution in [0.1, 0.15) is 37.3 Å². The van der Waals surface area contributed by atoms with Crippen LogP contribution in [-0.4, -0.2) is 37.1 Å². The van der Waals surface area contributed by atoms with Crippen LogP contribution in [0.25, 0.3) is 0 Å². The molecule has 0 aromatic heterocycles. The molecule has 20 heavy (non-hydrogen) atoms. The molecule has 1 N–H and O–H groups in total. The second-order valence-electron chi connectivity index (χ2n) is 6.45. The van der Waals surface area contributed by atoms with Crippen molar-refractivity contribution in [1.29, 1.82) is 0 Å². The Kier molecular flexibility index (Phi) is 4.74. The Bertz CT molecular complexity index is 423. The van der Waals surface area contributed by atoms with Crippen molar-refractivity contribution in [2.75, 3.05) is 26.2 Å². The monoisotopic (exact) mass is 272 g/mol. The zero-order valence-electron chi connectivity index (χ0n) is 12.8. The smallest absolute Gasteiger partial charge is 0.0139 e. The number of hydrogen-bond donors (Lipinski definition) is 1. The van der Waals surface area contributed by atoms with Gasteiger partial charge in [-0.15, -0.1) is 0 Å². The van der Waals surface area contributed by atoms with Crippen LogP contribution >= 0.6 is 0 Å². The highest BCUT2D eigenvalue weighted by atomic mass is 15.2. The summed E-state index contributed by atoms with van der Waals surface area (Å²) in [6.07, 6.45) is 6.59. The highest BCUT2D eigenvalue weighted by Gasteiger charge is 2.25. The van der Waals surface area contributed by atoms with Crippen LogP contribution in [0.15, 0.2) is 24.3 Å². The first-order valence-corrected chi connectivity index (χ1v) is 8.38. The molecule has 1 heterocycles. The molecule has 1 aromatic rings. The Morgan fingerprint density at radius 1 is 1.10 bits per heavy atom. The van der Waals surface area contributed by atoms with Crippen LogP contribution in [0, 0.1) is 5.92 Å². The van der Waals surface area contributed by atoms with E-state index >= 15 is 0 Å². The molecule has 2 aliphatic rings. The van der Waals surface area contributed by atoms with Gasteiger partial charge in [-0.05, 0) is 68.8 Å². The Hall–Kier alpha value is -0.860. The number of aryl methyl sites for hydroxylation is 1. The minimum atomic E-state index is 0.768. The summed E-state index contributed by atoms with van der Waals surface area (Å²) in [5, 5.41) is 3.48. The normalized spacial score (nSPS) is 23.8.